The van der Waals surface area contributed by atoms with Crippen LogP contribution in [0.2, 0.25) is 0 Å². The number of hydrogen-bond donors (Lipinski definition) is 1. The quantitative estimate of drug-likeness (QED) is 0.797. The number of para-hydroxylation sites is 2. The Hall–Kier alpha value is -2.89. The van der Waals surface area contributed by atoms with Gasteiger partial charge in [0, 0.05) is 13.6 Å². The first-order chi connectivity index (χ1) is 12.0. The van der Waals surface area contributed by atoms with Crippen LogP contribution in [-0.2, 0) is 11.3 Å². The fraction of sp³-hybridized carbons (Fsp3) is 0.316. The third-order valence-corrected chi connectivity index (χ3v) is 3.59. The van der Waals surface area contributed by atoms with Crippen molar-refractivity contribution in [2.45, 2.75) is 13.5 Å². The van der Waals surface area contributed by atoms with Crippen LogP contribution in [0.3, 0.4) is 0 Å². The fourth-order valence-electron chi connectivity index (χ4n) is 2.28. The van der Waals surface area contributed by atoms with Gasteiger partial charge in [-0.1, -0.05) is 18.2 Å². The predicted molar refractivity (Wildman–Crippen MR) is 94.2 cm³/mol. The van der Waals surface area contributed by atoms with Gasteiger partial charge in [-0.05, 0) is 36.8 Å². The van der Waals surface area contributed by atoms with Crippen LogP contribution in [0.15, 0.2) is 42.5 Å². The summed E-state index contributed by atoms with van der Waals surface area (Å²) in [5.74, 6) is 1.40. The van der Waals surface area contributed by atoms with Crippen molar-refractivity contribution in [3.8, 4) is 23.0 Å². The minimum absolute atomic E-state index is 0.00852. The molecule has 0 aromatic heterocycles. The Morgan fingerprint density at radius 2 is 1.84 bits per heavy atom. The zero-order chi connectivity index (χ0) is 18.2. The van der Waals surface area contributed by atoms with Crippen molar-refractivity contribution < 1.29 is 24.1 Å². The van der Waals surface area contributed by atoms with Gasteiger partial charge in [-0.15, -0.1) is 0 Å². The summed E-state index contributed by atoms with van der Waals surface area (Å²) in [6, 6.07) is 12.1. The van der Waals surface area contributed by atoms with Crippen LogP contribution in [0.25, 0.3) is 0 Å². The van der Waals surface area contributed by atoms with E-state index in [1.807, 2.05) is 25.1 Å². The Bertz CT molecular complexity index is 717. The molecule has 25 heavy (non-hydrogen) atoms. The van der Waals surface area contributed by atoms with Gasteiger partial charge in [-0.25, -0.2) is 0 Å². The molecule has 2 rings (SSSR count). The summed E-state index contributed by atoms with van der Waals surface area (Å²) in [6.07, 6.45) is 0. The molecule has 6 nitrogen and oxygen atoms in total. The molecule has 1 N–H and O–H groups in total. The number of phenolic OH excluding ortho intramolecular Hbond substituents is 1. The third-order valence-electron chi connectivity index (χ3n) is 3.59. The first-order valence-electron chi connectivity index (χ1n) is 7.99. The minimum Gasteiger partial charge on any atom is -0.504 e. The van der Waals surface area contributed by atoms with Crippen LogP contribution in [-0.4, -0.2) is 43.3 Å². The number of phenols is 1. The number of carbonyl (C=O) groups is 1. The van der Waals surface area contributed by atoms with Gasteiger partial charge in [-0.2, -0.15) is 0 Å². The first kappa shape index (κ1) is 18.4. The van der Waals surface area contributed by atoms with Gasteiger partial charge in [0.2, 0.25) is 0 Å². The van der Waals surface area contributed by atoms with Crippen molar-refractivity contribution in [1.29, 1.82) is 0 Å². The smallest absolute Gasteiger partial charge is 0.260 e. The van der Waals surface area contributed by atoms with Crippen LogP contribution in [0.1, 0.15) is 12.5 Å². The topological polar surface area (TPSA) is 68.2 Å². The molecule has 0 saturated heterocycles. The fourth-order valence-corrected chi connectivity index (χ4v) is 2.28. The zero-order valence-corrected chi connectivity index (χ0v) is 14.7. The molecule has 0 unspecified atom stereocenters. The van der Waals surface area contributed by atoms with Crippen molar-refractivity contribution in [3.63, 3.8) is 0 Å². The lowest BCUT2D eigenvalue weighted by Gasteiger charge is -2.19. The van der Waals surface area contributed by atoms with Crippen molar-refractivity contribution in [2.75, 3.05) is 27.4 Å². The second kappa shape index (κ2) is 8.82. The molecule has 0 bridgehead atoms. The molecule has 0 saturated carbocycles. The second-order valence-electron chi connectivity index (χ2n) is 5.42. The highest BCUT2D eigenvalue weighted by molar-refractivity contribution is 5.77. The molecular weight excluding hydrogens is 322 g/mol. The number of ether oxygens (including phenoxy) is 3. The molecule has 1 amide bonds. The van der Waals surface area contributed by atoms with E-state index in [1.54, 1.807) is 37.3 Å². The number of methoxy groups -OCH3 is 1. The van der Waals surface area contributed by atoms with Crippen molar-refractivity contribution in [2.24, 2.45) is 0 Å². The highest BCUT2D eigenvalue weighted by atomic mass is 16.5. The lowest BCUT2D eigenvalue weighted by Crippen LogP contribution is -2.30. The Morgan fingerprint density at radius 3 is 2.52 bits per heavy atom. The lowest BCUT2D eigenvalue weighted by molar-refractivity contribution is -0.132. The predicted octanol–water partition coefficient (Wildman–Crippen LogP) is 2.84. The van der Waals surface area contributed by atoms with E-state index in [2.05, 4.69) is 0 Å². The number of amides is 1. The van der Waals surface area contributed by atoms with Gasteiger partial charge in [-0.3, -0.25) is 4.79 Å². The maximum atomic E-state index is 12.2. The summed E-state index contributed by atoms with van der Waals surface area (Å²) < 4.78 is 16.2. The Labute approximate surface area is 147 Å². The molecule has 0 aliphatic carbocycles. The molecule has 134 valence electrons. The average molecular weight is 345 g/mol. The van der Waals surface area contributed by atoms with E-state index in [0.717, 1.165) is 5.56 Å². The standard InChI is InChI=1S/C19H23NO5/c1-4-24-17-10-9-14(11-18(17)23-3)12-20(2)19(22)13-25-16-8-6-5-7-15(16)21/h5-11,21H,4,12-13H2,1-3H3. The average Bonchev–Trinajstić information content (AvgIpc) is 2.62. The van der Waals surface area contributed by atoms with Crippen molar-refractivity contribution in [1.82, 2.24) is 4.90 Å². The van der Waals surface area contributed by atoms with Gasteiger partial charge < -0.3 is 24.2 Å². The van der Waals surface area contributed by atoms with E-state index >= 15 is 0 Å². The maximum Gasteiger partial charge on any atom is 0.260 e. The first-order valence-corrected chi connectivity index (χ1v) is 7.99. The van der Waals surface area contributed by atoms with E-state index < -0.39 is 0 Å². The summed E-state index contributed by atoms with van der Waals surface area (Å²) in [7, 11) is 3.27. The minimum atomic E-state index is -0.198. The molecule has 0 fully saturated rings. The maximum absolute atomic E-state index is 12.2. The van der Waals surface area contributed by atoms with E-state index in [-0.39, 0.29) is 24.0 Å². The molecule has 2 aromatic carbocycles. The van der Waals surface area contributed by atoms with Gasteiger partial charge in [0.1, 0.15) is 0 Å². The molecule has 2 aromatic rings. The monoisotopic (exact) mass is 345 g/mol. The largest absolute Gasteiger partial charge is 0.504 e. The lowest BCUT2D eigenvalue weighted by atomic mass is 10.2. The normalized spacial score (nSPS) is 10.2. The summed E-state index contributed by atoms with van der Waals surface area (Å²) in [4.78, 5) is 13.8. The van der Waals surface area contributed by atoms with Crippen LogP contribution < -0.4 is 14.2 Å². The van der Waals surface area contributed by atoms with E-state index in [0.29, 0.717) is 24.7 Å². The van der Waals surface area contributed by atoms with Crippen LogP contribution >= 0.6 is 0 Å². The molecule has 0 radical (unpaired) electrons. The van der Waals surface area contributed by atoms with Gasteiger partial charge in [0.25, 0.3) is 5.91 Å². The third kappa shape index (κ3) is 5.04. The summed E-state index contributed by atoms with van der Waals surface area (Å²) in [5.41, 5.74) is 0.915. The number of benzene rings is 2. The summed E-state index contributed by atoms with van der Waals surface area (Å²) in [5, 5.41) is 9.65. The van der Waals surface area contributed by atoms with Gasteiger partial charge in [0.15, 0.2) is 29.6 Å². The molecule has 0 heterocycles. The Balaban J connectivity index is 1.95. The molecular formula is C19H23NO5. The van der Waals surface area contributed by atoms with Crippen molar-refractivity contribution >= 4 is 5.91 Å². The Kier molecular flexibility index (Phi) is 6.51. The van der Waals surface area contributed by atoms with Crippen molar-refractivity contribution in [3.05, 3.63) is 48.0 Å². The summed E-state index contributed by atoms with van der Waals surface area (Å²) in [6.45, 7) is 2.72. The number of hydrogen-bond acceptors (Lipinski definition) is 5. The van der Waals surface area contributed by atoms with Crippen LogP contribution in [0.4, 0.5) is 0 Å². The van der Waals surface area contributed by atoms with E-state index in [1.165, 1.54) is 6.07 Å². The highest BCUT2D eigenvalue weighted by Gasteiger charge is 2.13. The van der Waals surface area contributed by atoms with E-state index in [9.17, 15) is 9.90 Å². The Morgan fingerprint density at radius 1 is 1.08 bits per heavy atom. The van der Waals surface area contributed by atoms with E-state index in [4.69, 9.17) is 14.2 Å². The van der Waals surface area contributed by atoms with Gasteiger partial charge in [0.05, 0.1) is 13.7 Å². The molecule has 0 atom stereocenters. The molecule has 0 aliphatic heterocycles. The van der Waals surface area contributed by atoms with Crippen LogP contribution in [0.5, 0.6) is 23.0 Å². The second-order valence-corrected chi connectivity index (χ2v) is 5.42. The summed E-state index contributed by atoms with van der Waals surface area (Å²) >= 11 is 0. The molecule has 0 spiro atoms. The number of likely N-dealkylation sites (N-methyl/N-ethyl adjacent to an activating group) is 1. The van der Waals surface area contributed by atoms with Crippen LogP contribution in [0, 0.1) is 0 Å². The molecule has 6 heteroatoms. The highest BCUT2D eigenvalue weighted by Crippen LogP contribution is 2.28. The number of aromatic hydroxyl groups is 1. The number of nitrogens with zero attached hydrogens (tertiary/aromatic N) is 1. The number of carbonyl (C=O) groups excluding carboxylic acids is 1. The van der Waals surface area contributed by atoms with Gasteiger partial charge >= 0.3 is 0 Å². The molecule has 0 aliphatic rings. The SMILES string of the molecule is CCOc1ccc(CN(C)C(=O)COc2ccccc2O)cc1OC. The number of rotatable bonds is 8. The zero-order valence-electron chi connectivity index (χ0n) is 14.7.